The summed E-state index contributed by atoms with van der Waals surface area (Å²) in [6.45, 7) is 2.05. The number of nitrogens with one attached hydrogen (secondary N) is 1. The summed E-state index contributed by atoms with van der Waals surface area (Å²) in [5, 5.41) is 24.2. The van der Waals surface area contributed by atoms with E-state index in [1.807, 2.05) is 36.5 Å². The number of methoxy groups -OCH3 is 2. The second-order valence-corrected chi connectivity index (χ2v) is 8.98. The summed E-state index contributed by atoms with van der Waals surface area (Å²) >= 11 is 0. The molecule has 0 amide bonds. The van der Waals surface area contributed by atoms with Crippen LogP contribution in [0.3, 0.4) is 0 Å². The summed E-state index contributed by atoms with van der Waals surface area (Å²) in [5.41, 5.74) is 2.63. The van der Waals surface area contributed by atoms with Crippen molar-refractivity contribution in [3.05, 3.63) is 88.4 Å². The van der Waals surface area contributed by atoms with Gasteiger partial charge in [0.05, 0.1) is 43.7 Å². The van der Waals surface area contributed by atoms with Crippen LogP contribution in [0.1, 0.15) is 36.9 Å². The first kappa shape index (κ1) is 25.8. The van der Waals surface area contributed by atoms with Crippen LogP contribution in [0, 0.1) is 0 Å². The molecule has 5 rings (SSSR count). The molecule has 0 radical (unpaired) electrons. The van der Waals surface area contributed by atoms with Crippen molar-refractivity contribution in [3.8, 4) is 45.5 Å². The minimum absolute atomic E-state index is 0.0867. The Morgan fingerprint density at radius 1 is 0.974 bits per heavy atom. The quantitative estimate of drug-likeness (QED) is 0.262. The van der Waals surface area contributed by atoms with Crippen molar-refractivity contribution < 1.29 is 19.0 Å². The zero-order valence-electron chi connectivity index (χ0n) is 22.0. The Labute approximate surface area is 224 Å². The first-order valence-corrected chi connectivity index (χ1v) is 12.6. The Morgan fingerprint density at radius 3 is 2.41 bits per heavy atom. The fourth-order valence-corrected chi connectivity index (χ4v) is 4.52. The number of ether oxygens (including phenoxy) is 2. The van der Waals surface area contributed by atoms with E-state index in [0.717, 1.165) is 24.1 Å². The number of aryl methyl sites for hydroxylation is 1. The summed E-state index contributed by atoms with van der Waals surface area (Å²) in [5.74, 6) is 0.892. The number of hydrogen-bond acceptors (Lipinski definition) is 8. The summed E-state index contributed by atoms with van der Waals surface area (Å²) in [6, 6.07) is 15.1. The van der Waals surface area contributed by atoms with Gasteiger partial charge in [-0.1, -0.05) is 37.6 Å². The highest BCUT2D eigenvalue weighted by molar-refractivity contribution is 5.87. The van der Waals surface area contributed by atoms with E-state index in [2.05, 4.69) is 27.2 Å². The number of hydrogen-bond donors (Lipinski definition) is 2. The van der Waals surface area contributed by atoms with Gasteiger partial charge in [-0.05, 0) is 42.7 Å². The van der Waals surface area contributed by atoms with E-state index in [1.54, 1.807) is 29.1 Å². The predicted molar refractivity (Wildman–Crippen MR) is 146 cm³/mol. The van der Waals surface area contributed by atoms with E-state index in [1.165, 1.54) is 14.2 Å². The lowest BCUT2D eigenvalue weighted by molar-refractivity contribution is 0.396. The van der Waals surface area contributed by atoms with Crippen LogP contribution < -0.4 is 15.0 Å². The van der Waals surface area contributed by atoms with Crippen molar-refractivity contribution in [3.63, 3.8) is 0 Å². The van der Waals surface area contributed by atoms with Crippen LogP contribution in [0.25, 0.3) is 28.3 Å². The average Bonchev–Trinajstić information content (AvgIpc) is 3.62. The maximum absolute atomic E-state index is 13.2. The van der Waals surface area contributed by atoms with Crippen LogP contribution >= 0.6 is 0 Å². The molecule has 2 N–H and O–H groups in total. The molecule has 0 aliphatic heterocycles. The zero-order chi connectivity index (χ0) is 27.4. The van der Waals surface area contributed by atoms with Gasteiger partial charge in [-0.15, -0.1) is 10.2 Å². The Hall–Kier alpha value is -4.86. The van der Waals surface area contributed by atoms with Crippen LogP contribution in [0.2, 0.25) is 0 Å². The van der Waals surface area contributed by atoms with Crippen LogP contribution in [0.4, 0.5) is 0 Å². The first-order chi connectivity index (χ1) is 19.0. The highest BCUT2D eigenvalue weighted by Gasteiger charge is 2.27. The number of unbranched alkanes of at least 4 members (excludes halogenated alkanes) is 1. The summed E-state index contributed by atoms with van der Waals surface area (Å²) in [6.07, 6.45) is 6.15. The van der Waals surface area contributed by atoms with E-state index < -0.39 is 5.56 Å². The molecular formula is C29H29N5O5. The molecule has 3 aromatic heterocycles. The third kappa shape index (κ3) is 5.13. The molecule has 0 saturated heterocycles. The summed E-state index contributed by atoms with van der Waals surface area (Å²) in [4.78, 5) is 16.2. The van der Waals surface area contributed by atoms with Gasteiger partial charge < -0.3 is 24.0 Å². The number of para-hydroxylation sites is 1. The van der Waals surface area contributed by atoms with Crippen molar-refractivity contribution in [2.45, 2.75) is 32.6 Å². The first-order valence-electron chi connectivity index (χ1n) is 12.6. The highest BCUT2D eigenvalue weighted by Crippen LogP contribution is 2.46. The monoisotopic (exact) mass is 527 g/mol. The highest BCUT2D eigenvalue weighted by atomic mass is 16.5. The Balaban J connectivity index is 1.55. The lowest BCUT2D eigenvalue weighted by atomic mass is 9.96. The van der Waals surface area contributed by atoms with E-state index in [-0.39, 0.29) is 23.1 Å². The molecule has 0 aliphatic carbocycles. The third-order valence-electron chi connectivity index (χ3n) is 6.42. The maximum Gasteiger partial charge on any atom is 0.264 e. The molecule has 5 aromatic rings. The lowest BCUT2D eigenvalue weighted by Crippen LogP contribution is -2.14. The molecule has 0 aliphatic rings. The molecule has 0 saturated carbocycles. The molecule has 0 unspecified atom stereocenters. The van der Waals surface area contributed by atoms with Gasteiger partial charge in [0.25, 0.3) is 11.4 Å². The number of H-pyrrole nitrogens is 1. The molecule has 39 heavy (non-hydrogen) atoms. The number of aromatic amines is 1. The van der Waals surface area contributed by atoms with E-state index >= 15 is 0 Å². The number of nitrogens with zero attached hydrogens (tertiary/aromatic N) is 4. The lowest BCUT2D eigenvalue weighted by Gasteiger charge is -2.18. The van der Waals surface area contributed by atoms with Crippen molar-refractivity contribution in [2.24, 2.45) is 0 Å². The molecular weight excluding hydrogens is 498 g/mol. The molecule has 10 heteroatoms. The van der Waals surface area contributed by atoms with Crippen molar-refractivity contribution in [1.29, 1.82) is 0 Å². The van der Waals surface area contributed by atoms with Crippen molar-refractivity contribution in [1.82, 2.24) is 25.0 Å². The van der Waals surface area contributed by atoms with Gasteiger partial charge in [0.15, 0.2) is 0 Å². The van der Waals surface area contributed by atoms with Crippen molar-refractivity contribution in [2.75, 3.05) is 14.2 Å². The SMILES string of the molecule is CCCCc1[nH]c(=O)c(-c2nnc(Cc3cnn(-c4ccccc4)c3)o2)c(O)c1-c1c(OC)cccc1OC. The van der Waals surface area contributed by atoms with Crippen LogP contribution in [0.5, 0.6) is 17.2 Å². The molecule has 0 spiro atoms. The second kappa shape index (κ2) is 11.3. The molecule has 2 aromatic carbocycles. The summed E-state index contributed by atoms with van der Waals surface area (Å²) < 4.78 is 18.8. The number of rotatable bonds is 10. The fraction of sp³-hybridized carbons (Fsp3) is 0.241. The molecule has 10 nitrogen and oxygen atoms in total. The maximum atomic E-state index is 13.2. The largest absolute Gasteiger partial charge is 0.506 e. The molecule has 0 atom stereocenters. The molecule has 0 bridgehead atoms. The third-order valence-corrected chi connectivity index (χ3v) is 6.42. The summed E-state index contributed by atoms with van der Waals surface area (Å²) in [7, 11) is 3.08. The predicted octanol–water partition coefficient (Wildman–Crippen LogP) is 4.93. The normalized spacial score (nSPS) is 11.1. The topological polar surface area (TPSA) is 128 Å². The van der Waals surface area contributed by atoms with Crippen molar-refractivity contribution >= 4 is 0 Å². The Bertz CT molecular complexity index is 1620. The number of pyridine rings is 1. The van der Waals surface area contributed by atoms with Gasteiger partial charge in [0, 0.05) is 11.9 Å². The van der Waals surface area contributed by atoms with Gasteiger partial charge in [-0.2, -0.15) is 5.10 Å². The van der Waals surface area contributed by atoms with Gasteiger partial charge in [-0.3, -0.25) is 4.79 Å². The van der Waals surface area contributed by atoms with Gasteiger partial charge in [0.2, 0.25) is 5.89 Å². The zero-order valence-corrected chi connectivity index (χ0v) is 22.0. The van der Waals surface area contributed by atoms with Gasteiger partial charge >= 0.3 is 0 Å². The fourth-order valence-electron chi connectivity index (χ4n) is 4.52. The Morgan fingerprint density at radius 2 is 1.72 bits per heavy atom. The average molecular weight is 528 g/mol. The minimum Gasteiger partial charge on any atom is -0.506 e. The van der Waals surface area contributed by atoms with Crippen LogP contribution in [-0.4, -0.2) is 44.3 Å². The molecule has 0 fully saturated rings. The van der Waals surface area contributed by atoms with Crippen LogP contribution in [0.15, 0.2) is 70.1 Å². The van der Waals surface area contributed by atoms with E-state index in [4.69, 9.17) is 13.9 Å². The number of aromatic nitrogens is 5. The minimum atomic E-state index is -0.525. The van der Waals surface area contributed by atoms with E-state index in [9.17, 15) is 9.90 Å². The van der Waals surface area contributed by atoms with Gasteiger partial charge in [-0.25, -0.2) is 4.68 Å². The number of benzene rings is 2. The molecule has 200 valence electrons. The smallest absolute Gasteiger partial charge is 0.264 e. The van der Waals surface area contributed by atoms with Crippen LogP contribution in [-0.2, 0) is 12.8 Å². The van der Waals surface area contributed by atoms with Gasteiger partial charge in [0.1, 0.15) is 22.8 Å². The number of aromatic hydroxyl groups is 1. The second-order valence-electron chi connectivity index (χ2n) is 8.98. The standard InChI is InChI=1S/C29H29N5O5/c1-4-5-12-20-24(25-21(37-2)13-9-14-22(25)38-3)27(35)26(28(36)31-20)29-33-32-23(39-29)15-18-16-30-34(17-18)19-10-7-6-8-11-19/h6-11,13-14,16-17H,4-5,12,15H2,1-3H3,(H2,31,35,36). The Kier molecular flexibility index (Phi) is 7.44. The van der Waals surface area contributed by atoms with E-state index in [0.29, 0.717) is 41.2 Å². The molecule has 3 heterocycles.